The Balaban J connectivity index is 1.41. The summed E-state index contributed by atoms with van der Waals surface area (Å²) in [5.74, 6) is -0.232. The number of ether oxygens (including phenoxy) is 1. The van der Waals surface area contributed by atoms with Gasteiger partial charge in [-0.1, -0.05) is 11.6 Å². The number of carbonyl (C=O) groups excluding carboxylic acids is 1. The monoisotopic (exact) mass is 426 g/mol. The quantitative estimate of drug-likeness (QED) is 0.609. The van der Waals surface area contributed by atoms with Crippen molar-refractivity contribution in [2.75, 3.05) is 18.8 Å². The molecule has 0 saturated carbocycles. The van der Waals surface area contributed by atoms with Crippen LogP contribution in [0.4, 0.5) is 0 Å². The molecule has 2 aromatic heterocycles. The molecule has 0 bridgehead atoms. The maximum atomic E-state index is 12.5. The molecule has 2 aromatic rings. The molecule has 0 unspecified atom stereocenters. The van der Waals surface area contributed by atoms with Gasteiger partial charge in [0, 0.05) is 50.7 Å². The number of carbonyl (C=O) groups is 1. The van der Waals surface area contributed by atoms with E-state index in [-0.39, 0.29) is 18.3 Å². The standard InChI is InChI=1S/C18H23ClN4O4S/c19-15-3-4-18(21-12-15)27-17-5-9-23(10-6-17)28(25,26)13-16(24)2-1-8-22-11-7-20-14-22/h3-4,7,11-12,14,17H,1-2,5-6,8-10,13H2. The van der Waals surface area contributed by atoms with Crippen LogP contribution in [-0.4, -0.2) is 58.0 Å². The Morgan fingerprint density at radius 3 is 2.71 bits per heavy atom. The lowest BCUT2D eigenvalue weighted by atomic mass is 10.1. The number of ketones is 1. The molecule has 1 aliphatic heterocycles. The predicted molar refractivity (Wildman–Crippen MR) is 105 cm³/mol. The minimum atomic E-state index is -3.59. The summed E-state index contributed by atoms with van der Waals surface area (Å²) in [6.07, 6.45) is 8.49. The van der Waals surface area contributed by atoms with Gasteiger partial charge in [-0.3, -0.25) is 4.79 Å². The smallest absolute Gasteiger partial charge is 0.221 e. The van der Waals surface area contributed by atoms with Crippen molar-refractivity contribution in [3.63, 3.8) is 0 Å². The van der Waals surface area contributed by atoms with E-state index >= 15 is 0 Å². The van der Waals surface area contributed by atoms with Crippen LogP contribution in [0.2, 0.25) is 5.02 Å². The van der Waals surface area contributed by atoms with Crippen LogP contribution < -0.4 is 4.74 Å². The number of piperidine rings is 1. The van der Waals surface area contributed by atoms with Crippen LogP contribution in [0.15, 0.2) is 37.1 Å². The SMILES string of the molecule is O=C(CCCn1ccnc1)CS(=O)(=O)N1CCC(Oc2ccc(Cl)cn2)CC1. The van der Waals surface area contributed by atoms with Crippen molar-refractivity contribution in [1.82, 2.24) is 18.8 Å². The van der Waals surface area contributed by atoms with Crippen LogP contribution in [0.1, 0.15) is 25.7 Å². The van der Waals surface area contributed by atoms with Gasteiger partial charge in [-0.25, -0.2) is 22.7 Å². The normalized spacial score (nSPS) is 16.2. The molecule has 1 saturated heterocycles. The summed E-state index contributed by atoms with van der Waals surface area (Å²) in [4.78, 5) is 20.1. The minimum absolute atomic E-state index is 0.106. The second-order valence-electron chi connectivity index (χ2n) is 6.73. The van der Waals surface area contributed by atoms with Gasteiger partial charge in [-0.15, -0.1) is 0 Å². The van der Waals surface area contributed by atoms with Crippen molar-refractivity contribution >= 4 is 27.4 Å². The molecule has 0 aliphatic carbocycles. The highest BCUT2D eigenvalue weighted by atomic mass is 35.5. The molecule has 0 spiro atoms. The Morgan fingerprint density at radius 1 is 1.29 bits per heavy atom. The molecule has 28 heavy (non-hydrogen) atoms. The molecule has 0 amide bonds. The summed E-state index contributed by atoms with van der Waals surface area (Å²) < 4.78 is 34.0. The topological polar surface area (TPSA) is 94.4 Å². The summed E-state index contributed by atoms with van der Waals surface area (Å²) >= 11 is 5.80. The number of aromatic nitrogens is 3. The number of sulfonamides is 1. The molecular weight excluding hydrogens is 404 g/mol. The van der Waals surface area contributed by atoms with Crippen LogP contribution in [0, 0.1) is 0 Å². The van der Waals surface area contributed by atoms with E-state index in [0.717, 1.165) is 0 Å². The molecule has 3 heterocycles. The maximum Gasteiger partial charge on any atom is 0.221 e. The Kier molecular flexibility index (Phi) is 7.03. The van der Waals surface area contributed by atoms with Crippen molar-refractivity contribution < 1.29 is 17.9 Å². The average molecular weight is 427 g/mol. The summed E-state index contributed by atoms with van der Waals surface area (Å²) in [6, 6.07) is 3.38. The first-order valence-electron chi connectivity index (χ1n) is 9.16. The third-order valence-corrected chi connectivity index (χ3v) is 6.62. The van der Waals surface area contributed by atoms with Crippen LogP contribution in [0.3, 0.4) is 0 Å². The second-order valence-corrected chi connectivity index (χ2v) is 9.14. The van der Waals surface area contributed by atoms with E-state index in [4.69, 9.17) is 16.3 Å². The predicted octanol–water partition coefficient (Wildman–Crippen LogP) is 2.15. The Labute approximate surface area is 169 Å². The molecule has 152 valence electrons. The van der Waals surface area contributed by atoms with Gasteiger partial charge >= 0.3 is 0 Å². The zero-order chi connectivity index (χ0) is 20.0. The number of nitrogens with zero attached hydrogens (tertiary/aromatic N) is 4. The zero-order valence-electron chi connectivity index (χ0n) is 15.4. The van der Waals surface area contributed by atoms with E-state index in [1.54, 1.807) is 24.7 Å². The lowest BCUT2D eigenvalue weighted by molar-refractivity contribution is -0.116. The molecule has 0 N–H and O–H groups in total. The first kappa shape index (κ1) is 20.8. The third kappa shape index (κ3) is 6.02. The maximum absolute atomic E-state index is 12.5. The van der Waals surface area contributed by atoms with Gasteiger partial charge < -0.3 is 9.30 Å². The molecular formula is C18H23ClN4O4S. The molecule has 3 rings (SSSR count). The Bertz CT molecular complexity index is 864. The van der Waals surface area contributed by atoms with E-state index in [1.807, 2.05) is 10.8 Å². The van der Waals surface area contributed by atoms with Crippen molar-refractivity contribution in [2.45, 2.75) is 38.3 Å². The van der Waals surface area contributed by atoms with Crippen LogP contribution in [0.5, 0.6) is 5.88 Å². The number of imidazole rings is 1. The Hall–Kier alpha value is -1.97. The fraction of sp³-hybridized carbons (Fsp3) is 0.500. The van der Waals surface area contributed by atoms with Crippen molar-refractivity contribution in [3.05, 3.63) is 42.1 Å². The van der Waals surface area contributed by atoms with Crippen molar-refractivity contribution in [3.8, 4) is 5.88 Å². The number of Topliss-reactive ketones (excluding diaryl/α,β-unsaturated/α-hetero) is 1. The number of hydrogen-bond donors (Lipinski definition) is 0. The molecule has 0 aromatic carbocycles. The summed E-state index contributed by atoms with van der Waals surface area (Å²) in [5.41, 5.74) is 0. The number of pyridine rings is 1. The van der Waals surface area contributed by atoms with E-state index in [2.05, 4.69) is 9.97 Å². The fourth-order valence-electron chi connectivity index (χ4n) is 3.08. The molecule has 1 fully saturated rings. The van der Waals surface area contributed by atoms with Gasteiger partial charge in [0.1, 0.15) is 17.6 Å². The summed E-state index contributed by atoms with van der Waals surface area (Å²) in [6.45, 7) is 1.32. The number of aryl methyl sites for hydroxylation is 1. The summed E-state index contributed by atoms with van der Waals surface area (Å²) in [7, 11) is -3.59. The number of hydrogen-bond acceptors (Lipinski definition) is 6. The van der Waals surface area contributed by atoms with Gasteiger partial charge in [-0.05, 0) is 25.3 Å². The van der Waals surface area contributed by atoms with Gasteiger partial charge in [0.05, 0.1) is 11.3 Å². The zero-order valence-corrected chi connectivity index (χ0v) is 17.0. The van der Waals surface area contributed by atoms with E-state index in [9.17, 15) is 13.2 Å². The van der Waals surface area contributed by atoms with Gasteiger partial charge in [0.25, 0.3) is 0 Å². The molecule has 8 nitrogen and oxygen atoms in total. The largest absolute Gasteiger partial charge is 0.474 e. The fourth-order valence-corrected chi connectivity index (χ4v) is 4.69. The van der Waals surface area contributed by atoms with Crippen molar-refractivity contribution in [1.29, 1.82) is 0 Å². The van der Waals surface area contributed by atoms with Crippen molar-refractivity contribution in [2.24, 2.45) is 0 Å². The Morgan fingerprint density at radius 2 is 2.07 bits per heavy atom. The third-order valence-electron chi connectivity index (χ3n) is 4.56. The number of rotatable bonds is 9. The van der Waals surface area contributed by atoms with Crippen LogP contribution in [0.25, 0.3) is 0 Å². The van der Waals surface area contributed by atoms with E-state index in [1.165, 1.54) is 10.5 Å². The van der Waals surface area contributed by atoms with Gasteiger partial charge in [-0.2, -0.15) is 0 Å². The van der Waals surface area contributed by atoms with Crippen LogP contribution >= 0.6 is 11.6 Å². The lowest BCUT2D eigenvalue weighted by Gasteiger charge is -2.31. The summed E-state index contributed by atoms with van der Waals surface area (Å²) in [5, 5.41) is 0.531. The lowest BCUT2D eigenvalue weighted by Crippen LogP contribution is -2.43. The highest BCUT2D eigenvalue weighted by Crippen LogP contribution is 2.20. The second kappa shape index (κ2) is 9.49. The average Bonchev–Trinajstić information content (AvgIpc) is 3.17. The molecule has 10 heteroatoms. The molecule has 1 aliphatic rings. The van der Waals surface area contributed by atoms with Crippen LogP contribution in [-0.2, 0) is 21.4 Å². The highest BCUT2D eigenvalue weighted by Gasteiger charge is 2.30. The highest BCUT2D eigenvalue weighted by molar-refractivity contribution is 7.89. The first-order chi connectivity index (χ1) is 13.4. The minimum Gasteiger partial charge on any atom is -0.474 e. The van der Waals surface area contributed by atoms with E-state index < -0.39 is 15.8 Å². The van der Waals surface area contributed by atoms with E-state index in [0.29, 0.717) is 49.8 Å². The van der Waals surface area contributed by atoms with Gasteiger partial charge in [0.2, 0.25) is 15.9 Å². The molecule has 0 radical (unpaired) electrons. The first-order valence-corrected chi connectivity index (χ1v) is 11.1. The van der Waals surface area contributed by atoms with Gasteiger partial charge in [0.15, 0.2) is 0 Å². The molecule has 0 atom stereocenters. The number of halogens is 1.